The van der Waals surface area contributed by atoms with Gasteiger partial charge in [0.1, 0.15) is 46.9 Å². The van der Waals surface area contributed by atoms with Gasteiger partial charge in [-0.2, -0.15) is 0 Å². The minimum absolute atomic E-state index is 0.123. The number of amides is 2. The summed E-state index contributed by atoms with van der Waals surface area (Å²) in [6.45, 7) is 0. The molecule has 0 saturated heterocycles. The van der Waals surface area contributed by atoms with Crippen molar-refractivity contribution in [2.45, 2.75) is 24.9 Å². The summed E-state index contributed by atoms with van der Waals surface area (Å²) in [6, 6.07) is 13.2. The molecular weight excluding hydrogens is 745 g/mol. The lowest BCUT2D eigenvalue weighted by Gasteiger charge is -2.26. The van der Waals surface area contributed by atoms with E-state index in [0.717, 1.165) is 34.1 Å². The predicted molar refractivity (Wildman–Crippen MR) is 189 cm³/mol. The number of likely N-dealkylation sites (N-methyl/N-ethyl adjacent to an activating group) is 2. The van der Waals surface area contributed by atoms with Gasteiger partial charge in [0.25, 0.3) is 0 Å². The van der Waals surface area contributed by atoms with Gasteiger partial charge >= 0.3 is 0 Å². The lowest BCUT2D eigenvalue weighted by atomic mass is 10.0. The standard InChI is InChI=1S/C35H36F4N4O8S2/c1-42(28-5-9-30(50-3)10-6-28)34(44)32(17-22-13-24(36)19-25(37)14-22)40-52(46,47)21-53(48,49)41-33(18-23-15-26(38)20-27(39)16-23)35(45)43(2)29-7-11-31(51-4)12-8-29/h5-16,19-20,32-33,40-41H,17-18,21H2,1-4H3/t32-,33-/m0/s1. The molecule has 0 unspecified atom stereocenters. The Bertz CT molecular complexity index is 1960. The number of rotatable bonds is 16. The molecule has 2 amide bonds. The Balaban J connectivity index is 1.62. The first-order chi connectivity index (χ1) is 24.9. The Labute approximate surface area is 304 Å². The topological polar surface area (TPSA) is 151 Å². The summed E-state index contributed by atoms with van der Waals surface area (Å²) in [4.78, 5) is 29.5. The Morgan fingerprint density at radius 1 is 0.585 bits per heavy atom. The molecule has 4 rings (SSSR count). The van der Waals surface area contributed by atoms with Crippen LogP contribution in [0.5, 0.6) is 11.5 Å². The first-order valence-electron chi connectivity index (χ1n) is 15.6. The van der Waals surface area contributed by atoms with Gasteiger partial charge in [-0.25, -0.2) is 43.8 Å². The van der Waals surface area contributed by atoms with Crippen LogP contribution < -0.4 is 28.7 Å². The molecule has 284 valence electrons. The summed E-state index contributed by atoms with van der Waals surface area (Å²) in [5, 5.41) is -1.72. The fourth-order valence-corrected chi connectivity index (χ4v) is 8.74. The quantitative estimate of drug-likeness (QED) is 0.163. The van der Waals surface area contributed by atoms with Crippen LogP contribution in [0.4, 0.5) is 28.9 Å². The predicted octanol–water partition coefficient (Wildman–Crippen LogP) is 3.90. The fourth-order valence-electron chi connectivity index (χ4n) is 5.33. The lowest BCUT2D eigenvalue weighted by molar-refractivity contribution is -0.120. The van der Waals surface area contributed by atoms with Gasteiger partial charge in [-0.05, 0) is 96.8 Å². The van der Waals surface area contributed by atoms with Gasteiger partial charge in [-0.3, -0.25) is 9.59 Å². The normalized spacial score (nSPS) is 12.8. The number of hydrogen-bond acceptors (Lipinski definition) is 8. The highest BCUT2D eigenvalue weighted by Crippen LogP contribution is 2.22. The molecule has 0 radical (unpaired) electrons. The number of hydrogen-bond donors (Lipinski definition) is 2. The fraction of sp³-hybridized carbons (Fsp3) is 0.257. The van der Waals surface area contributed by atoms with Gasteiger partial charge < -0.3 is 19.3 Å². The highest BCUT2D eigenvalue weighted by molar-refractivity contribution is 8.06. The van der Waals surface area contributed by atoms with Crippen molar-refractivity contribution in [1.82, 2.24) is 9.44 Å². The molecule has 0 bridgehead atoms. The number of ether oxygens (including phenoxy) is 2. The van der Waals surface area contributed by atoms with Crippen molar-refractivity contribution in [2.75, 3.05) is 43.2 Å². The second-order valence-corrected chi connectivity index (χ2v) is 15.7. The van der Waals surface area contributed by atoms with E-state index in [1.807, 2.05) is 9.44 Å². The zero-order valence-corrected chi connectivity index (χ0v) is 30.5. The smallest absolute Gasteiger partial charge is 0.245 e. The molecule has 2 N–H and O–H groups in total. The summed E-state index contributed by atoms with van der Waals surface area (Å²) in [6.07, 6.45) is -1.20. The maximum absolute atomic E-state index is 14.1. The Hall–Kier alpha value is -5.04. The van der Waals surface area contributed by atoms with E-state index < -0.39 is 85.1 Å². The van der Waals surface area contributed by atoms with E-state index in [1.54, 1.807) is 0 Å². The average Bonchev–Trinajstić information content (AvgIpc) is 3.08. The van der Waals surface area contributed by atoms with Crippen LogP contribution in [0.1, 0.15) is 11.1 Å². The maximum atomic E-state index is 14.1. The largest absolute Gasteiger partial charge is 0.497 e. The van der Waals surface area contributed by atoms with E-state index in [9.17, 15) is 44.0 Å². The number of carbonyl (C=O) groups is 2. The van der Waals surface area contributed by atoms with Gasteiger partial charge in [-0.15, -0.1) is 0 Å². The zero-order chi connectivity index (χ0) is 39.1. The second kappa shape index (κ2) is 17.2. The molecule has 0 saturated carbocycles. The molecule has 0 fully saturated rings. The van der Waals surface area contributed by atoms with Crippen molar-refractivity contribution in [3.8, 4) is 11.5 Å². The van der Waals surface area contributed by atoms with E-state index in [4.69, 9.17) is 9.47 Å². The molecule has 18 heteroatoms. The average molecular weight is 781 g/mol. The molecule has 0 spiro atoms. The van der Waals surface area contributed by atoms with Crippen LogP contribution in [0.3, 0.4) is 0 Å². The molecule has 12 nitrogen and oxygen atoms in total. The van der Waals surface area contributed by atoms with Crippen LogP contribution in [0.15, 0.2) is 84.9 Å². The number of carbonyl (C=O) groups excluding carboxylic acids is 2. The minimum Gasteiger partial charge on any atom is -0.497 e. The van der Waals surface area contributed by atoms with Crippen molar-refractivity contribution in [1.29, 1.82) is 0 Å². The van der Waals surface area contributed by atoms with Gasteiger partial charge in [0, 0.05) is 37.6 Å². The molecule has 0 aliphatic rings. The van der Waals surface area contributed by atoms with Crippen molar-refractivity contribution in [3.05, 3.63) is 119 Å². The Morgan fingerprint density at radius 3 is 1.17 bits per heavy atom. The van der Waals surface area contributed by atoms with E-state index in [2.05, 4.69) is 0 Å². The molecule has 0 aliphatic carbocycles. The van der Waals surface area contributed by atoms with Crippen molar-refractivity contribution < 1.29 is 53.5 Å². The number of methoxy groups -OCH3 is 2. The number of nitrogens with zero attached hydrogens (tertiary/aromatic N) is 2. The van der Waals surface area contributed by atoms with E-state index in [-0.39, 0.29) is 22.5 Å². The van der Waals surface area contributed by atoms with Gasteiger partial charge in [0.05, 0.1) is 14.2 Å². The van der Waals surface area contributed by atoms with Crippen LogP contribution in [0.2, 0.25) is 0 Å². The van der Waals surface area contributed by atoms with Crippen molar-refractivity contribution in [2.24, 2.45) is 0 Å². The van der Waals surface area contributed by atoms with E-state index >= 15 is 0 Å². The molecule has 53 heavy (non-hydrogen) atoms. The second-order valence-electron chi connectivity index (χ2n) is 11.8. The number of halogens is 4. The van der Waals surface area contributed by atoms with Crippen molar-refractivity contribution in [3.63, 3.8) is 0 Å². The summed E-state index contributed by atoms with van der Waals surface area (Å²) in [5.74, 6) is -4.94. The lowest BCUT2D eigenvalue weighted by Crippen LogP contribution is -2.53. The molecule has 0 aliphatic heterocycles. The molecular formula is C35H36F4N4O8S2. The number of nitrogens with one attached hydrogen (secondary N) is 2. The molecule has 4 aromatic carbocycles. The van der Waals surface area contributed by atoms with Crippen LogP contribution in [0, 0.1) is 23.3 Å². The van der Waals surface area contributed by atoms with E-state index in [1.165, 1.54) is 76.8 Å². The van der Waals surface area contributed by atoms with E-state index in [0.29, 0.717) is 23.6 Å². The third-order valence-electron chi connectivity index (χ3n) is 7.86. The van der Waals surface area contributed by atoms with Gasteiger partial charge in [0.2, 0.25) is 31.9 Å². The summed E-state index contributed by atoms with van der Waals surface area (Å²) in [5.41, 5.74) is 0.302. The Kier molecular flexibility index (Phi) is 13.2. The maximum Gasteiger partial charge on any atom is 0.245 e. The monoisotopic (exact) mass is 780 g/mol. The third-order valence-corrected chi connectivity index (χ3v) is 11.6. The van der Waals surface area contributed by atoms with Crippen LogP contribution >= 0.6 is 0 Å². The Morgan fingerprint density at radius 2 is 0.887 bits per heavy atom. The van der Waals surface area contributed by atoms with Gasteiger partial charge in [-0.1, -0.05) is 0 Å². The van der Waals surface area contributed by atoms with Crippen LogP contribution in [-0.4, -0.2) is 74.1 Å². The zero-order valence-electron chi connectivity index (χ0n) is 28.8. The molecule has 2 atom stereocenters. The van der Waals surface area contributed by atoms with Crippen LogP contribution in [0.25, 0.3) is 0 Å². The van der Waals surface area contributed by atoms with Crippen molar-refractivity contribution >= 4 is 43.2 Å². The summed E-state index contributed by atoms with van der Waals surface area (Å²) < 4.78 is 124. The van der Waals surface area contributed by atoms with Crippen LogP contribution in [-0.2, 0) is 42.5 Å². The highest BCUT2D eigenvalue weighted by Gasteiger charge is 2.34. The number of benzene rings is 4. The molecule has 4 aromatic rings. The first kappa shape index (κ1) is 40.7. The highest BCUT2D eigenvalue weighted by atomic mass is 32.3. The molecule has 0 aromatic heterocycles. The number of sulfonamides is 2. The molecule has 0 heterocycles. The van der Waals surface area contributed by atoms with Gasteiger partial charge in [0.15, 0.2) is 5.08 Å². The summed E-state index contributed by atoms with van der Waals surface area (Å²) in [7, 11) is -4.54. The minimum atomic E-state index is -5.00. The third kappa shape index (κ3) is 11.5. The summed E-state index contributed by atoms with van der Waals surface area (Å²) >= 11 is 0. The number of anilines is 2. The SMILES string of the molecule is COc1ccc(N(C)C(=O)[C@H](Cc2cc(F)cc(F)c2)NS(=O)(=O)CS(=O)(=O)N[C@@H](Cc2cc(F)cc(F)c2)C(=O)N(C)c2ccc(OC)cc2)cc1. The first-order valence-corrected chi connectivity index (χ1v) is 18.9.